The van der Waals surface area contributed by atoms with Gasteiger partial charge >= 0.3 is 11.9 Å². The van der Waals surface area contributed by atoms with Gasteiger partial charge in [0.2, 0.25) is 0 Å². The van der Waals surface area contributed by atoms with Crippen LogP contribution in [0.1, 0.15) is 38.1 Å². The third-order valence-electron chi connectivity index (χ3n) is 2.54. The number of rotatable bonds is 6. The highest BCUT2D eigenvalue weighted by Gasteiger charge is 2.20. The van der Waals surface area contributed by atoms with Crippen molar-refractivity contribution < 1.29 is 24.0 Å². The number of carbonyl (C=O) groups excluding carboxylic acids is 2. The Morgan fingerprint density at radius 3 is 2.48 bits per heavy atom. The second-order valence-corrected chi connectivity index (χ2v) is 5.68. The molecule has 0 atom stereocenters. The second kappa shape index (κ2) is 7.57. The number of ether oxygens (including phenoxy) is 2. The normalized spacial score (nSPS) is 10.8. The average Bonchev–Trinajstić information content (AvgIpc) is 2.43. The Balaban J connectivity index is 2.79. The maximum absolute atomic E-state index is 11.9. The van der Waals surface area contributed by atoms with Crippen LogP contribution in [0, 0.1) is 10.1 Å². The average molecular weight is 324 g/mol. The number of nitro benzene ring substituents is 1. The van der Waals surface area contributed by atoms with Crippen LogP contribution in [0.15, 0.2) is 18.2 Å². The zero-order valence-corrected chi connectivity index (χ0v) is 13.5. The molecule has 0 aromatic heterocycles. The van der Waals surface area contributed by atoms with Crippen molar-refractivity contribution in [3.05, 3.63) is 33.9 Å². The van der Waals surface area contributed by atoms with Crippen LogP contribution in [0.2, 0.25) is 0 Å². The predicted octanol–water partition coefficient (Wildman–Crippen LogP) is 2.53. The van der Waals surface area contributed by atoms with Crippen molar-refractivity contribution >= 4 is 23.3 Å². The van der Waals surface area contributed by atoms with Gasteiger partial charge in [-0.05, 0) is 39.8 Å². The number of hydrogen-bond donors (Lipinski definition) is 1. The van der Waals surface area contributed by atoms with E-state index in [4.69, 9.17) is 9.47 Å². The van der Waals surface area contributed by atoms with E-state index in [-0.39, 0.29) is 11.3 Å². The van der Waals surface area contributed by atoms with Gasteiger partial charge in [-0.15, -0.1) is 0 Å². The van der Waals surface area contributed by atoms with Gasteiger partial charge in [-0.2, -0.15) is 0 Å². The molecule has 0 amide bonds. The molecule has 1 N–H and O–H groups in total. The van der Waals surface area contributed by atoms with Crippen LogP contribution < -0.4 is 5.32 Å². The Bertz CT molecular complexity index is 606. The summed E-state index contributed by atoms with van der Waals surface area (Å²) in [4.78, 5) is 33.8. The van der Waals surface area contributed by atoms with E-state index in [2.05, 4.69) is 5.32 Å². The molecule has 0 aliphatic rings. The predicted molar refractivity (Wildman–Crippen MR) is 83.4 cm³/mol. The van der Waals surface area contributed by atoms with Gasteiger partial charge in [0.05, 0.1) is 10.5 Å². The van der Waals surface area contributed by atoms with Gasteiger partial charge < -0.3 is 14.8 Å². The van der Waals surface area contributed by atoms with Crippen LogP contribution in [0.5, 0.6) is 0 Å². The van der Waals surface area contributed by atoms with E-state index in [9.17, 15) is 19.7 Å². The molecule has 0 aliphatic carbocycles. The van der Waals surface area contributed by atoms with Gasteiger partial charge in [-0.25, -0.2) is 9.59 Å². The molecule has 126 valence electrons. The number of carbonyl (C=O) groups is 2. The largest absolute Gasteiger partial charge is 0.457 e. The maximum atomic E-state index is 11.9. The van der Waals surface area contributed by atoms with Crippen LogP contribution in [-0.2, 0) is 14.3 Å². The number of nitrogens with one attached hydrogen (secondary N) is 1. The van der Waals surface area contributed by atoms with Crippen LogP contribution >= 0.6 is 0 Å². The highest BCUT2D eigenvalue weighted by atomic mass is 16.6. The van der Waals surface area contributed by atoms with E-state index in [1.165, 1.54) is 12.1 Å². The highest BCUT2D eigenvalue weighted by Crippen LogP contribution is 2.25. The minimum absolute atomic E-state index is 0.0121. The molecular weight excluding hydrogens is 304 g/mol. The lowest BCUT2D eigenvalue weighted by atomic mass is 10.1. The molecule has 8 heteroatoms. The highest BCUT2D eigenvalue weighted by molar-refractivity contribution is 5.92. The van der Waals surface area contributed by atoms with E-state index >= 15 is 0 Å². The quantitative estimate of drug-likeness (QED) is 0.486. The lowest BCUT2D eigenvalue weighted by molar-refractivity contribution is -0.384. The Labute approximate surface area is 133 Å². The van der Waals surface area contributed by atoms with E-state index in [0.29, 0.717) is 12.2 Å². The Morgan fingerprint density at radius 2 is 1.96 bits per heavy atom. The van der Waals surface area contributed by atoms with E-state index in [1.54, 1.807) is 27.7 Å². The summed E-state index contributed by atoms with van der Waals surface area (Å²) in [6.45, 7) is 6.81. The van der Waals surface area contributed by atoms with Crippen molar-refractivity contribution in [2.24, 2.45) is 0 Å². The van der Waals surface area contributed by atoms with E-state index in [0.717, 1.165) is 6.07 Å². The molecule has 1 rings (SSSR count). The molecule has 1 aromatic carbocycles. The second-order valence-electron chi connectivity index (χ2n) is 5.68. The van der Waals surface area contributed by atoms with Gasteiger partial charge in [0, 0.05) is 12.6 Å². The molecule has 0 bridgehead atoms. The number of hydrogen-bond acceptors (Lipinski definition) is 7. The fraction of sp³-hybridized carbons (Fsp3) is 0.467. The van der Waals surface area contributed by atoms with E-state index < -0.39 is 29.1 Å². The standard InChI is InChI=1S/C15H20N2O6/c1-5-16-11-7-6-10(8-12(11)17(20)21)14(19)22-9-13(18)23-15(2,3)4/h6-8,16H,5,9H2,1-4H3. The number of anilines is 1. The first-order chi connectivity index (χ1) is 10.6. The minimum atomic E-state index is -0.831. The summed E-state index contributed by atoms with van der Waals surface area (Å²) in [6.07, 6.45) is 0. The van der Waals surface area contributed by atoms with Crippen molar-refractivity contribution in [2.75, 3.05) is 18.5 Å². The zero-order valence-electron chi connectivity index (χ0n) is 13.5. The lowest BCUT2D eigenvalue weighted by Crippen LogP contribution is -2.27. The molecule has 0 fully saturated rings. The van der Waals surface area contributed by atoms with Gasteiger partial charge in [0.25, 0.3) is 5.69 Å². The molecule has 0 saturated carbocycles. The van der Waals surface area contributed by atoms with Crippen LogP contribution in [0.4, 0.5) is 11.4 Å². The Morgan fingerprint density at radius 1 is 1.30 bits per heavy atom. The molecule has 0 spiro atoms. The van der Waals surface area contributed by atoms with Crippen LogP contribution in [0.3, 0.4) is 0 Å². The summed E-state index contributed by atoms with van der Waals surface area (Å²) < 4.78 is 9.82. The topological polar surface area (TPSA) is 108 Å². The first-order valence-electron chi connectivity index (χ1n) is 7.05. The summed E-state index contributed by atoms with van der Waals surface area (Å²) >= 11 is 0. The zero-order chi connectivity index (χ0) is 17.6. The summed E-state index contributed by atoms with van der Waals surface area (Å²) in [6, 6.07) is 3.92. The molecule has 0 heterocycles. The monoisotopic (exact) mass is 324 g/mol. The SMILES string of the molecule is CCNc1ccc(C(=O)OCC(=O)OC(C)(C)C)cc1[N+](=O)[O-]. The number of esters is 2. The summed E-state index contributed by atoms with van der Waals surface area (Å²) in [7, 11) is 0. The molecule has 0 unspecified atom stereocenters. The summed E-state index contributed by atoms with van der Waals surface area (Å²) in [5.41, 5.74) is -0.628. The van der Waals surface area contributed by atoms with Crippen molar-refractivity contribution in [3.8, 4) is 0 Å². The van der Waals surface area contributed by atoms with Gasteiger partial charge in [-0.1, -0.05) is 0 Å². The van der Waals surface area contributed by atoms with E-state index in [1.807, 2.05) is 0 Å². The van der Waals surface area contributed by atoms with Crippen molar-refractivity contribution in [1.29, 1.82) is 0 Å². The smallest absolute Gasteiger partial charge is 0.344 e. The van der Waals surface area contributed by atoms with Crippen LogP contribution in [-0.4, -0.2) is 35.6 Å². The number of benzene rings is 1. The van der Waals surface area contributed by atoms with Gasteiger partial charge in [0.1, 0.15) is 11.3 Å². The first kappa shape index (κ1) is 18.4. The van der Waals surface area contributed by atoms with Crippen molar-refractivity contribution in [1.82, 2.24) is 0 Å². The van der Waals surface area contributed by atoms with Crippen LogP contribution in [0.25, 0.3) is 0 Å². The number of nitrogens with zero attached hydrogens (tertiary/aromatic N) is 1. The fourth-order valence-electron chi connectivity index (χ4n) is 1.73. The Kier molecular flexibility index (Phi) is 6.06. The van der Waals surface area contributed by atoms with Crippen molar-refractivity contribution in [3.63, 3.8) is 0 Å². The first-order valence-corrected chi connectivity index (χ1v) is 7.05. The molecule has 0 aliphatic heterocycles. The molecule has 23 heavy (non-hydrogen) atoms. The molecule has 8 nitrogen and oxygen atoms in total. The molecular formula is C15H20N2O6. The maximum Gasteiger partial charge on any atom is 0.344 e. The van der Waals surface area contributed by atoms with Crippen molar-refractivity contribution in [2.45, 2.75) is 33.3 Å². The Hall–Kier alpha value is -2.64. The molecule has 0 saturated heterocycles. The summed E-state index contributed by atoms with van der Waals surface area (Å²) in [5, 5.41) is 13.9. The minimum Gasteiger partial charge on any atom is -0.457 e. The van der Waals surface area contributed by atoms with Gasteiger partial charge in [0.15, 0.2) is 6.61 Å². The summed E-state index contributed by atoms with van der Waals surface area (Å²) in [5.74, 6) is -1.52. The lowest BCUT2D eigenvalue weighted by Gasteiger charge is -2.19. The van der Waals surface area contributed by atoms with Gasteiger partial charge in [-0.3, -0.25) is 10.1 Å². The molecule has 1 aromatic rings. The number of nitro groups is 1. The molecule has 0 radical (unpaired) electrons. The fourth-order valence-corrected chi connectivity index (χ4v) is 1.73. The third kappa shape index (κ3) is 5.93. The third-order valence-corrected chi connectivity index (χ3v) is 2.54.